The second-order valence-corrected chi connectivity index (χ2v) is 9.81. The average molecular weight is 447 g/mol. The first-order valence-electron chi connectivity index (χ1n) is 11.5. The molecule has 1 amide bonds. The highest BCUT2D eigenvalue weighted by molar-refractivity contribution is 5.99. The molecule has 5 rings (SSSR count). The lowest BCUT2D eigenvalue weighted by Crippen LogP contribution is -2.26. The van der Waals surface area contributed by atoms with Crippen LogP contribution in [0.15, 0.2) is 41.1 Å². The molecule has 1 fully saturated rings. The molecule has 33 heavy (non-hydrogen) atoms. The fourth-order valence-corrected chi connectivity index (χ4v) is 3.81. The highest BCUT2D eigenvalue weighted by Crippen LogP contribution is 2.30. The van der Waals surface area contributed by atoms with Gasteiger partial charge in [-0.2, -0.15) is 4.98 Å². The average Bonchev–Trinajstić information content (AvgIpc) is 3.46. The molecule has 1 aliphatic heterocycles. The number of hydrogen-bond acceptors (Lipinski definition) is 7. The van der Waals surface area contributed by atoms with Gasteiger partial charge in [0, 0.05) is 36.0 Å². The second kappa shape index (κ2) is 8.51. The molecule has 172 valence electrons. The van der Waals surface area contributed by atoms with E-state index in [1.165, 1.54) is 11.1 Å². The smallest absolute Gasteiger partial charge is 0.256 e. The van der Waals surface area contributed by atoms with Gasteiger partial charge >= 0.3 is 0 Å². The molecule has 1 aliphatic carbocycles. The molecule has 0 bridgehead atoms. The molecule has 0 unspecified atom stereocenters. The van der Waals surface area contributed by atoms with Gasteiger partial charge in [-0.15, -0.1) is 0 Å². The van der Waals surface area contributed by atoms with Gasteiger partial charge in [0.05, 0.1) is 5.69 Å². The van der Waals surface area contributed by atoms with Gasteiger partial charge in [-0.25, -0.2) is 4.98 Å². The maximum absolute atomic E-state index is 12.8. The van der Waals surface area contributed by atoms with E-state index >= 15 is 0 Å². The van der Waals surface area contributed by atoms with Crippen LogP contribution in [0.2, 0.25) is 0 Å². The molecule has 3 aromatic rings. The highest BCUT2D eigenvalue weighted by atomic mass is 16.3. The molecule has 8 heteroatoms. The van der Waals surface area contributed by atoms with Crippen LogP contribution >= 0.6 is 0 Å². The number of benzene rings is 1. The number of fused-ring (bicyclic) bond motifs is 1. The summed E-state index contributed by atoms with van der Waals surface area (Å²) in [4.78, 5) is 21.9. The molecule has 0 atom stereocenters. The summed E-state index contributed by atoms with van der Waals surface area (Å²) in [6.45, 7) is 8.13. The van der Waals surface area contributed by atoms with Crippen molar-refractivity contribution >= 4 is 29.0 Å². The van der Waals surface area contributed by atoms with Gasteiger partial charge in [0.25, 0.3) is 5.91 Å². The van der Waals surface area contributed by atoms with Crippen molar-refractivity contribution < 1.29 is 9.21 Å². The van der Waals surface area contributed by atoms with Crippen LogP contribution < -0.4 is 21.3 Å². The molecule has 3 heterocycles. The zero-order chi connectivity index (χ0) is 23.0. The van der Waals surface area contributed by atoms with Gasteiger partial charge in [0.15, 0.2) is 0 Å². The number of carbonyl (C=O) groups excluding carboxylic acids is 1. The maximum Gasteiger partial charge on any atom is 0.256 e. The molecule has 2 aliphatic rings. The van der Waals surface area contributed by atoms with E-state index in [0.29, 0.717) is 17.3 Å². The van der Waals surface area contributed by atoms with Gasteiger partial charge < -0.3 is 25.7 Å². The predicted octanol–water partition coefficient (Wildman–Crippen LogP) is 4.39. The Morgan fingerprint density at radius 2 is 1.97 bits per heavy atom. The van der Waals surface area contributed by atoms with Gasteiger partial charge in [0.2, 0.25) is 5.95 Å². The van der Waals surface area contributed by atoms with Crippen molar-refractivity contribution in [3.8, 4) is 0 Å². The largest absolute Gasteiger partial charge is 0.467 e. The molecular weight excluding hydrogens is 416 g/mol. The molecule has 8 nitrogen and oxygen atoms in total. The number of carbonyl (C=O) groups is 1. The topological polar surface area (TPSA) is 104 Å². The SMILES string of the molecule is CC(C)(C)c1cc(Nc2nc(Nc3ccc4c(c3)CNCC4)ncc2C(=O)NC2CC2)co1. The van der Waals surface area contributed by atoms with Crippen LogP contribution in [0.25, 0.3) is 0 Å². The number of aromatic nitrogens is 2. The minimum absolute atomic E-state index is 0.119. The molecule has 1 aromatic carbocycles. The number of hydrogen-bond donors (Lipinski definition) is 4. The molecule has 1 saturated carbocycles. The summed E-state index contributed by atoms with van der Waals surface area (Å²) in [6.07, 6.45) is 6.28. The zero-order valence-corrected chi connectivity index (χ0v) is 19.3. The van der Waals surface area contributed by atoms with Crippen LogP contribution in [-0.2, 0) is 18.4 Å². The van der Waals surface area contributed by atoms with E-state index in [4.69, 9.17) is 4.42 Å². The second-order valence-electron chi connectivity index (χ2n) is 9.81. The van der Waals surface area contributed by atoms with E-state index in [0.717, 1.165) is 49.5 Å². The predicted molar refractivity (Wildman–Crippen MR) is 128 cm³/mol. The van der Waals surface area contributed by atoms with E-state index in [9.17, 15) is 4.79 Å². The quantitative estimate of drug-likeness (QED) is 0.445. The lowest BCUT2D eigenvalue weighted by molar-refractivity contribution is 0.0951. The number of rotatable bonds is 6. The molecule has 0 saturated heterocycles. The summed E-state index contributed by atoms with van der Waals surface area (Å²) in [7, 11) is 0. The maximum atomic E-state index is 12.8. The van der Waals surface area contributed by atoms with E-state index in [-0.39, 0.29) is 17.4 Å². The lowest BCUT2D eigenvalue weighted by atomic mass is 9.93. The third kappa shape index (κ3) is 5.01. The van der Waals surface area contributed by atoms with Crippen LogP contribution in [0.4, 0.5) is 23.1 Å². The molecule has 4 N–H and O–H groups in total. The minimum atomic E-state index is -0.175. The molecule has 2 aromatic heterocycles. The van der Waals surface area contributed by atoms with E-state index in [2.05, 4.69) is 64.1 Å². The monoisotopic (exact) mass is 446 g/mol. The Morgan fingerprint density at radius 3 is 2.73 bits per heavy atom. The summed E-state index contributed by atoms with van der Waals surface area (Å²) in [6, 6.07) is 8.49. The zero-order valence-electron chi connectivity index (χ0n) is 19.3. The van der Waals surface area contributed by atoms with Gasteiger partial charge in [0.1, 0.15) is 23.4 Å². The van der Waals surface area contributed by atoms with Crippen molar-refractivity contribution in [2.45, 2.75) is 58.0 Å². The van der Waals surface area contributed by atoms with E-state index in [1.807, 2.05) is 12.1 Å². The Kier molecular flexibility index (Phi) is 5.54. The Hall–Kier alpha value is -3.39. The van der Waals surface area contributed by atoms with Crippen LogP contribution in [0, 0.1) is 0 Å². The van der Waals surface area contributed by atoms with Crippen LogP contribution in [-0.4, -0.2) is 28.5 Å². The molecular formula is C25H30N6O2. The molecule has 0 spiro atoms. The first-order chi connectivity index (χ1) is 15.8. The first kappa shape index (κ1) is 21.5. The molecule has 0 radical (unpaired) electrons. The fraction of sp³-hybridized carbons (Fsp3) is 0.400. The first-order valence-corrected chi connectivity index (χ1v) is 11.5. The van der Waals surface area contributed by atoms with Crippen molar-refractivity contribution in [3.05, 3.63) is 59.2 Å². The van der Waals surface area contributed by atoms with Crippen molar-refractivity contribution in [3.63, 3.8) is 0 Å². The number of furan rings is 1. The van der Waals surface area contributed by atoms with Crippen molar-refractivity contribution in [1.29, 1.82) is 0 Å². The van der Waals surface area contributed by atoms with Crippen molar-refractivity contribution in [2.24, 2.45) is 0 Å². The standard InChI is InChI=1S/C25H30N6O2/c1-25(2,3)21-11-19(14-33-21)28-22-20(23(32)29-17-6-7-17)13-27-24(31-22)30-18-5-4-15-8-9-26-12-16(15)10-18/h4-5,10-11,13-14,17,26H,6-9,12H2,1-3H3,(H,29,32)(H2,27,28,30,31). The number of amides is 1. The Bertz CT molecular complexity index is 1180. The summed E-state index contributed by atoms with van der Waals surface area (Å²) >= 11 is 0. The fourth-order valence-electron chi connectivity index (χ4n) is 3.81. The van der Waals surface area contributed by atoms with Gasteiger partial charge in [-0.05, 0) is 49.1 Å². The highest BCUT2D eigenvalue weighted by Gasteiger charge is 2.26. The normalized spacial score (nSPS) is 15.6. The number of nitrogens with one attached hydrogen (secondary N) is 4. The third-order valence-electron chi connectivity index (χ3n) is 5.90. The summed E-state index contributed by atoms with van der Waals surface area (Å²) < 4.78 is 5.73. The Morgan fingerprint density at radius 1 is 1.12 bits per heavy atom. The Balaban J connectivity index is 1.42. The van der Waals surface area contributed by atoms with Crippen molar-refractivity contribution in [1.82, 2.24) is 20.6 Å². The van der Waals surface area contributed by atoms with Gasteiger partial charge in [-0.3, -0.25) is 4.79 Å². The van der Waals surface area contributed by atoms with Crippen LogP contribution in [0.5, 0.6) is 0 Å². The summed E-state index contributed by atoms with van der Waals surface area (Å²) in [5.74, 6) is 1.53. The van der Waals surface area contributed by atoms with Crippen LogP contribution in [0.3, 0.4) is 0 Å². The number of nitrogens with zero attached hydrogens (tertiary/aromatic N) is 2. The van der Waals surface area contributed by atoms with E-state index in [1.54, 1.807) is 12.5 Å². The van der Waals surface area contributed by atoms with Crippen LogP contribution in [0.1, 0.15) is 60.9 Å². The van der Waals surface area contributed by atoms with Crippen molar-refractivity contribution in [2.75, 3.05) is 17.2 Å². The van der Waals surface area contributed by atoms with E-state index < -0.39 is 0 Å². The summed E-state index contributed by atoms with van der Waals surface area (Å²) in [5, 5.41) is 13.0. The Labute approximate surface area is 193 Å². The summed E-state index contributed by atoms with van der Waals surface area (Å²) in [5.41, 5.74) is 4.58. The number of anilines is 4. The lowest BCUT2D eigenvalue weighted by Gasteiger charge is -2.18. The van der Waals surface area contributed by atoms with Gasteiger partial charge in [-0.1, -0.05) is 26.8 Å². The minimum Gasteiger partial charge on any atom is -0.467 e. The third-order valence-corrected chi connectivity index (χ3v) is 5.90.